The van der Waals surface area contributed by atoms with E-state index in [9.17, 15) is 27.2 Å². The van der Waals surface area contributed by atoms with Crippen LogP contribution in [0.5, 0.6) is 5.75 Å². The first-order chi connectivity index (χ1) is 15.1. The molecule has 2 aliphatic rings. The van der Waals surface area contributed by atoms with Gasteiger partial charge in [-0.2, -0.15) is 5.26 Å². The number of carbonyl (C=O) groups excluding carboxylic acids is 2. The van der Waals surface area contributed by atoms with Crippen LogP contribution < -0.4 is 10.1 Å². The molecular weight excluding hydrogens is 432 g/mol. The quantitative estimate of drug-likeness (QED) is 0.664. The monoisotopic (exact) mass is 456 g/mol. The molecule has 1 aromatic carbocycles. The molecule has 1 saturated heterocycles. The van der Waals surface area contributed by atoms with Crippen LogP contribution in [0.25, 0.3) is 0 Å². The van der Waals surface area contributed by atoms with Crippen LogP contribution in [0, 0.1) is 23.1 Å². The minimum atomic E-state index is -4.93. The van der Waals surface area contributed by atoms with Crippen molar-refractivity contribution in [3.05, 3.63) is 29.6 Å². The van der Waals surface area contributed by atoms with E-state index in [1.165, 1.54) is 6.92 Å². The molecule has 11 heteroatoms. The Kier molecular flexibility index (Phi) is 7.11. The largest absolute Gasteiger partial charge is 0.573 e. The summed E-state index contributed by atoms with van der Waals surface area (Å²) >= 11 is 0. The van der Waals surface area contributed by atoms with Crippen molar-refractivity contribution in [2.45, 2.75) is 57.6 Å². The minimum absolute atomic E-state index is 0.00190. The maximum Gasteiger partial charge on any atom is 0.573 e. The molecule has 0 aromatic heterocycles. The highest BCUT2D eigenvalue weighted by atomic mass is 19.4. The fourth-order valence-electron chi connectivity index (χ4n) is 4.02. The zero-order valence-corrected chi connectivity index (χ0v) is 17.5. The molecule has 32 heavy (non-hydrogen) atoms. The minimum Gasteiger partial charge on any atom is -0.406 e. The summed E-state index contributed by atoms with van der Waals surface area (Å²) in [5, 5.41) is 11.7. The predicted molar refractivity (Wildman–Crippen MR) is 105 cm³/mol. The molecule has 3 rings (SSSR count). The standard InChI is InChI=1S/C21H24F4N4O3/c1-13(30)28-11-14(6-7-26)8-17(12-28)29(16-3-4-16)20(31)27-10-15-2-5-18(9-19(15)22)32-21(23,24)25/h2,5,9,14,16-17H,3-4,6,8,10-12H2,1H3,(H,27,31)/t14-,17+/m0/s1. The number of amides is 3. The van der Waals surface area contributed by atoms with Crippen molar-refractivity contribution in [3.8, 4) is 11.8 Å². The van der Waals surface area contributed by atoms with Crippen LogP contribution in [-0.4, -0.2) is 53.3 Å². The molecule has 1 aliphatic carbocycles. The van der Waals surface area contributed by atoms with Gasteiger partial charge in [-0.25, -0.2) is 9.18 Å². The van der Waals surface area contributed by atoms with Crippen LogP contribution >= 0.6 is 0 Å². The number of nitrogens with zero attached hydrogens (tertiary/aromatic N) is 3. The fraction of sp³-hybridized carbons (Fsp3) is 0.571. The van der Waals surface area contributed by atoms with Crippen molar-refractivity contribution in [1.82, 2.24) is 15.1 Å². The smallest absolute Gasteiger partial charge is 0.406 e. The number of halogens is 4. The normalized spacial score (nSPS) is 20.9. The van der Waals surface area contributed by atoms with Crippen LogP contribution in [-0.2, 0) is 11.3 Å². The summed E-state index contributed by atoms with van der Waals surface area (Å²) in [6.45, 7) is 2.06. The summed E-state index contributed by atoms with van der Waals surface area (Å²) in [4.78, 5) is 28.2. The van der Waals surface area contributed by atoms with Crippen molar-refractivity contribution < 1.29 is 31.9 Å². The van der Waals surface area contributed by atoms with Crippen molar-refractivity contribution in [1.29, 1.82) is 5.26 Å². The maximum atomic E-state index is 14.2. The number of rotatable bonds is 6. The lowest BCUT2D eigenvalue weighted by Crippen LogP contribution is -2.56. The van der Waals surface area contributed by atoms with Gasteiger partial charge in [-0.15, -0.1) is 13.2 Å². The Morgan fingerprint density at radius 1 is 1.28 bits per heavy atom. The molecular formula is C21H24F4N4O3. The molecule has 0 radical (unpaired) electrons. The van der Waals surface area contributed by atoms with Gasteiger partial charge in [0.2, 0.25) is 5.91 Å². The highest BCUT2D eigenvalue weighted by Crippen LogP contribution is 2.33. The Bertz CT molecular complexity index is 898. The van der Waals surface area contributed by atoms with Crippen molar-refractivity contribution >= 4 is 11.9 Å². The van der Waals surface area contributed by atoms with Crippen LogP contribution in [0.3, 0.4) is 0 Å². The Hall–Kier alpha value is -3.03. The van der Waals surface area contributed by atoms with E-state index in [1.54, 1.807) is 9.80 Å². The lowest BCUT2D eigenvalue weighted by molar-refractivity contribution is -0.274. The first-order valence-corrected chi connectivity index (χ1v) is 10.3. The van der Waals surface area contributed by atoms with Gasteiger partial charge < -0.3 is 19.9 Å². The number of hydrogen-bond acceptors (Lipinski definition) is 4. The summed E-state index contributed by atoms with van der Waals surface area (Å²) in [6.07, 6.45) is -2.45. The topological polar surface area (TPSA) is 85.7 Å². The van der Waals surface area contributed by atoms with E-state index in [0.29, 0.717) is 25.6 Å². The van der Waals surface area contributed by atoms with Crippen LogP contribution in [0.2, 0.25) is 0 Å². The second-order valence-electron chi connectivity index (χ2n) is 8.14. The first kappa shape index (κ1) is 23.6. The number of benzene rings is 1. The summed E-state index contributed by atoms with van der Waals surface area (Å²) in [5.41, 5.74) is 0.0139. The third-order valence-corrected chi connectivity index (χ3v) is 5.60. The highest BCUT2D eigenvalue weighted by Gasteiger charge is 2.41. The molecule has 0 spiro atoms. The zero-order chi connectivity index (χ0) is 23.5. The molecule has 7 nitrogen and oxygen atoms in total. The van der Waals surface area contributed by atoms with E-state index in [0.717, 1.165) is 25.0 Å². The third kappa shape index (κ3) is 6.24. The van der Waals surface area contributed by atoms with Gasteiger partial charge in [0.25, 0.3) is 0 Å². The Balaban J connectivity index is 1.67. The summed E-state index contributed by atoms with van der Waals surface area (Å²) in [6, 6.07) is 4.14. The molecule has 2 fully saturated rings. The molecule has 2 atom stereocenters. The number of alkyl halides is 3. The van der Waals surface area contributed by atoms with Gasteiger partial charge in [0.05, 0.1) is 12.1 Å². The Labute approximate surface area is 182 Å². The predicted octanol–water partition coefficient (Wildman–Crippen LogP) is 3.55. The summed E-state index contributed by atoms with van der Waals surface area (Å²) in [7, 11) is 0. The van der Waals surface area contributed by atoms with E-state index in [1.807, 2.05) is 0 Å². The van der Waals surface area contributed by atoms with Crippen molar-refractivity contribution in [3.63, 3.8) is 0 Å². The molecule has 1 aliphatic heterocycles. The molecule has 0 unspecified atom stereocenters. The number of nitriles is 1. The van der Waals surface area contributed by atoms with Crippen LogP contribution in [0.4, 0.5) is 22.4 Å². The van der Waals surface area contributed by atoms with E-state index in [-0.39, 0.29) is 42.4 Å². The number of hydrogen-bond donors (Lipinski definition) is 1. The Morgan fingerprint density at radius 2 is 2.00 bits per heavy atom. The van der Waals surface area contributed by atoms with Crippen LogP contribution in [0.1, 0.15) is 38.2 Å². The van der Waals surface area contributed by atoms with Gasteiger partial charge in [0.15, 0.2) is 0 Å². The zero-order valence-electron chi connectivity index (χ0n) is 17.5. The lowest BCUT2D eigenvalue weighted by atomic mass is 9.91. The van der Waals surface area contributed by atoms with Gasteiger partial charge in [0, 0.05) is 50.7 Å². The van der Waals surface area contributed by atoms with E-state index >= 15 is 0 Å². The number of likely N-dealkylation sites (tertiary alicyclic amines) is 1. The van der Waals surface area contributed by atoms with Crippen molar-refractivity contribution in [2.75, 3.05) is 13.1 Å². The second-order valence-corrected chi connectivity index (χ2v) is 8.14. The molecule has 3 amide bonds. The first-order valence-electron chi connectivity index (χ1n) is 10.3. The van der Waals surface area contributed by atoms with Gasteiger partial charge >= 0.3 is 12.4 Å². The number of ether oxygens (including phenoxy) is 1. The number of urea groups is 1. The molecule has 1 N–H and O–H groups in total. The van der Waals surface area contributed by atoms with E-state index < -0.39 is 24.0 Å². The van der Waals surface area contributed by atoms with Gasteiger partial charge in [0.1, 0.15) is 11.6 Å². The average Bonchev–Trinajstić information content (AvgIpc) is 3.51. The van der Waals surface area contributed by atoms with Gasteiger partial charge in [-0.1, -0.05) is 6.07 Å². The highest BCUT2D eigenvalue weighted by molar-refractivity contribution is 5.76. The van der Waals surface area contributed by atoms with E-state index in [2.05, 4.69) is 16.1 Å². The number of piperidine rings is 1. The number of carbonyl (C=O) groups is 2. The van der Waals surface area contributed by atoms with E-state index in [4.69, 9.17) is 5.26 Å². The molecule has 1 aromatic rings. The summed E-state index contributed by atoms with van der Waals surface area (Å²) < 4.78 is 54.7. The van der Waals surface area contributed by atoms with Crippen molar-refractivity contribution in [2.24, 2.45) is 5.92 Å². The lowest BCUT2D eigenvalue weighted by Gasteiger charge is -2.42. The summed E-state index contributed by atoms with van der Waals surface area (Å²) in [5.74, 6) is -1.79. The average molecular weight is 456 g/mol. The molecule has 174 valence electrons. The Morgan fingerprint density at radius 3 is 2.56 bits per heavy atom. The SMILES string of the molecule is CC(=O)N1C[C@@H](CC#N)C[C@@H](N(C(=O)NCc2ccc(OC(F)(F)F)cc2F)C2CC2)C1. The van der Waals surface area contributed by atoms with Gasteiger partial charge in [-0.05, 0) is 31.2 Å². The fourth-order valence-corrected chi connectivity index (χ4v) is 4.02. The molecule has 0 bridgehead atoms. The van der Waals surface area contributed by atoms with Gasteiger partial charge in [-0.3, -0.25) is 4.79 Å². The molecule has 1 heterocycles. The van der Waals surface area contributed by atoms with Crippen LogP contribution in [0.15, 0.2) is 18.2 Å². The molecule has 1 saturated carbocycles. The second kappa shape index (κ2) is 9.63. The maximum absolute atomic E-state index is 14.2. The third-order valence-electron chi connectivity index (χ3n) is 5.60. The number of nitrogens with one attached hydrogen (secondary N) is 1.